The van der Waals surface area contributed by atoms with Crippen molar-refractivity contribution in [2.75, 3.05) is 16.2 Å². The van der Waals surface area contributed by atoms with Crippen molar-refractivity contribution in [1.29, 1.82) is 0 Å². The molecule has 1 N–H and O–H groups in total. The number of hydrogen-bond donors (Lipinski definition) is 1. The van der Waals surface area contributed by atoms with E-state index in [-0.39, 0.29) is 11.6 Å². The molecule has 0 atom stereocenters. The summed E-state index contributed by atoms with van der Waals surface area (Å²) in [5.74, 6) is -2.17. The molecule has 0 spiro atoms. The van der Waals surface area contributed by atoms with Crippen molar-refractivity contribution in [2.24, 2.45) is 0 Å². The van der Waals surface area contributed by atoms with Gasteiger partial charge in [0, 0.05) is 25.2 Å². The molecule has 1 aliphatic heterocycles. The Morgan fingerprint density at radius 2 is 1.92 bits per heavy atom. The SMILES string of the molecule is CC(=O)N1CCc2ccc(NS(=O)(=O)c3ccc(F)cc3F)cc21. The largest absolute Gasteiger partial charge is 0.312 e. The highest BCUT2D eigenvalue weighted by atomic mass is 32.2. The number of fused-ring (bicyclic) bond motifs is 1. The Labute approximate surface area is 138 Å². The highest BCUT2D eigenvalue weighted by molar-refractivity contribution is 7.92. The molecule has 2 aromatic carbocycles. The number of amides is 1. The molecular formula is C16H14F2N2O3S. The van der Waals surface area contributed by atoms with E-state index in [4.69, 9.17) is 0 Å². The van der Waals surface area contributed by atoms with Gasteiger partial charge in [0.25, 0.3) is 10.0 Å². The fourth-order valence-corrected chi connectivity index (χ4v) is 3.78. The van der Waals surface area contributed by atoms with E-state index in [2.05, 4.69) is 4.72 Å². The van der Waals surface area contributed by atoms with Gasteiger partial charge in [0.2, 0.25) is 5.91 Å². The van der Waals surface area contributed by atoms with E-state index in [0.717, 1.165) is 17.7 Å². The second-order valence-corrected chi connectivity index (χ2v) is 7.10. The summed E-state index contributed by atoms with van der Waals surface area (Å²) in [5, 5.41) is 0. The molecular weight excluding hydrogens is 338 g/mol. The minimum atomic E-state index is -4.21. The molecule has 0 fully saturated rings. The molecule has 126 valence electrons. The topological polar surface area (TPSA) is 66.5 Å². The minimum Gasteiger partial charge on any atom is -0.312 e. The maximum atomic E-state index is 13.7. The number of anilines is 2. The molecule has 24 heavy (non-hydrogen) atoms. The monoisotopic (exact) mass is 352 g/mol. The van der Waals surface area contributed by atoms with E-state index in [1.807, 2.05) is 0 Å². The summed E-state index contributed by atoms with van der Waals surface area (Å²) in [6.45, 7) is 1.97. The van der Waals surface area contributed by atoms with Crippen LogP contribution in [-0.2, 0) is 21.2 Å². The molecule has 0 unspecified atom stereocenters. The van der Waals surface area contributed by atoms with Crippen LogP contribution in [0.15, 0.2) is 41.3 Å². The summed E-state index contributed by atoms with van der Waals surface area (Å²) in [7, 11) is -4.21. The molecule has 0 radical (unpaired) electrons. The van der Waals surface area contributed by atoms with E-state index >= 15 is 0 Å². The summed E-state index contributed by atoms with van der Waals surface area (Å²) < 4.78 is 53.5. The first-order valence-corrected chi connectivity index (χ1v) is 8.65. The van der Waals surface area contributed by atoms with Gasteiger partial charge >= 0.3 is 0 Å². The zero-order valence-electron chi connectivity index (χ0n) is 12.7. The first kappa shape index (κ1) is 16.4. The molecule has 3 rings (SSSR count). The molecule has 8 heteroatoms. The highest BCUT2D eigenvalue weighted by Crippen LogP contribution is 2.32. The first-order valence-electron chi connectivity index (χ1n) is 7.17. The lowest BCUT2D eigenvalue weighted by Gasteiger charge is -2.16. The maximum absolute atomic E-state index is 13.7. The van der Waals surface area contributed by atoms with Crippen LogP contribution in [0.25, 0.3) is 0 Å². The average Bonchev–Trinajstić information content (AvgIpc) is 2.89. The first-order chi connectivity index (χ1) is 11.3. The minimum absolute atomic E-state index is 0.140. The third-order valence-electron chi connectivity index (χ3n) is 3.80. The van der Waals surface area contributed by atoms with E-state index in [1.165, 1.54) is 13.0 Å². The van der Waals surface area contributed by atoms with Crippen LogP contribution < -0.4 is 9.62 Å². The molecule has 0 bridgehead atoms. The number of rotatable bonds is 3. The molecule has 0 aliphatic carbocycles. The number of hydrogen-bond acceptors (Lipinski definition) is 3. The summed E-state index contributed by atoms with van der Waals surface area (Å²) in [6.07, 6.45) is 0.689. The van der Waals surface area contributed by atoms with Crippen molar-refractivity contribution in [3.8, 4) is 0 Å². The molecule has 1 amide bonds. The quantitative estimate of drug-likeness (QED) is 0.924. The molecule has 0 saturated heterocycles. The van der Waals surface area contributed by atoms with Crippen molar-refractivity contribution in [1.82, 2.24) is 0 Å². The van der Waals surface area contributed by atoms with E-state index in [0.29, 0.717) is 24.7 Å². The van der Waals surface area contributed by atoms with Crippen LogP contribution in [0.5, 0.6) is 0 Å². The van der Waals surface area contributed by atoms with Crippen LogP contribution in [-0.4, -0.2) is 20.9 Å². The van der Waals surface area contributed by atoms with Gasteiger partial charge in [-0.1, -0.05) is 6.07 Å². The molecule has 1 aliphatic rings. The second kappa shape index (κ2) is 5.86. The maximum Gasteiger partial charge on any atom is 0.264 e. The van der Waals surface area contributed by atoms with Gasteiger partial charge < -0.3 is 4.90 Å². The summed E-state index contributed by atoms with van der Waals surface area (Å²) in [6, 6.07) is 7.04. The van der Waals surface area contributed by atoms with E-state index in [9.17, 15) is 22.0 Å². The van der Waals surface area contributed by atoms with Crippen LogP contribution >= 0.6 is 0 Å². The third-order valence-corrected chi connectivity index (χ3v) is 5.21. The Morgan fingerprint density at radius 1 is 1.17 bits per heavy atom. The predicted octanol–water partition coefficient (Wildman–Crippen LogP) is 2.67. The lowest BCUT2D eigenvalue weighted by atomic mass is 10.1. The fraction of sp³-hybridized carbons (Fsp3) is 0.188. The van der Waals surface area contributed by atoms with Gasteiger partial charge in [-0.2, -0.15) is 0 Å². The molecule has 1 heterocycles. The normalized spacial score (nSPS) is 13.7. The summed E-state index contributed by atoms with van der Waals surface area (Å²) >= 11 is 0. The van der Waals surface area contributed by atoms with Gasteiger partial charge in [-0.05, 0) is 36.2 Å². The number of nitrogens with one attached hydrogen (secondary N) is 1. The van der Waals surface area contributed by atoms with E-state index in [1.54, 1.807) is 17.0 Å². The standard InChI is InChI=1S/C16H14F2N2O3S/c1-10(21)20-7-6-11-2-4-13(9-15(11)20)19-24(22,23)16-5-3-12(17)8-14(16)18/h2-5,8-9,19H,6-7H2,1H3. The van der Waals surface area contributed by atoms with Crippen molar-refractivity contribution < 1.29 is 22.0 Å². The average molecular weight is 352 g/mol. The number of sulfonamides is 1. The van der Waals surface area contributed by atoms with Crippen molar-refractivity contribution in [3.05, 3.63) is 53.6 Å². The third kappa shape index (κ3) is 2.96. The zero-order valence-corrected chi connectivity index (χ0v) is 13.5. The van der Waals surface area contributed by atoms with Gasteiger partial charge in [-0.3, -0.25) is 9.52 Å². The molecule has 0 saturated carbocycles. The lowest BCUT2D eigenvalue weighted by molar-refractivity contribution is -0.116. The fourth-order valence-electron chi connectivity index (χ4n) is 2.67. The Balaban J connectivity index is 1.94. The summed E-state index contributed by atoms with van der Waals surface area (Å²) in [4.78, 5) is 12.5. The number of benzene rings is 2. The Kier molecular flexibility index (Phi) is 4.00. The second-order valence-electron chi connectivity index (χ2n) is 5.44. The van der Waals surface area contributed by atoms with Gasteiger partial charge in [-0.25, -0.2) is 17.2 Å². The highest BCUT2D eigenvalue weighted by Gasteiger charge is 2.24. The zero-order chi connectivity index (χ0) is 17.5. The Bertz CT molecular complexity index is 929. The van der Waals surface area contributed by atoms with Crippen LogP contribution in [0.4, 0.5) is 20.2 Å². The predicted molar refractivity (Wildman–Crippen MR) is 85.3 cm³/mol. The Morgan fingerprint density at radius 3 is 2.58 bits per heavy atom. The smallest absolute Gasteiger partial charge is 0.264 e. The van der Waals surface area contributed by atoms with Crippen LogP contribution in [0.3, 0.4) is 0 Å². The molecule has 0 aromatic heterocycles. The van der Waals surface area contributed by atoms with Gasteiger partial charge in [0.15, 0.2) is 0 Å². The molecule has 5 nitrogen and oxygen atoms in total. The number of carbonyl (C=O) groups is 1. The van der Waals surface area contributed by atoms with Gasteiger partial charge in [0.1, 0.15) is 16.5 Å². The molecule has 2 aromatic rings. The van der Waals surface area contributed by atoms with Crippen LogP contribution in [0.1, 0.15) is 12.5 Å². The number of carbonyl (C=O) groups excluding carboxylic acids is 1. The van der Waals surface area contributed by atoms with Gasteiger partial charge in [0.05, 0.1) is 5.69 Å². The Hall–Kier alpha value is -2.48. The van der Waals surface area contributed by atoms with Crippen molar-refractivity contribution >= 4 is 27.3 Å². The van der Waals surface area contributed by atoms with Crippen molar-refractivity contribution in [2.45, 2.75) is 18.2 Å². The van der Waals surface area contributed by atoms with Crippen molar-refractivity contribution in [3.63, 3.8) is 0 Å². The van der Waals surface area contributed by atoms with Crippen LogP contribution in [0, 0.1) is 11.6 Å². The van der Waals surface area contributed by atoms with E-state index < -0.39 is 26.6 Å². The van der Waals surface area contributed by atoms with Crippen LogP contribution in [0.2, 0.25) is 0 Å². The number of nitrogens with zero attached hydrogens (tertiary/aromatic N) is 1. The summed E-state index contributed by atoms with van der Waals surface area (Å²) in [5.41, 5.74) is 1.76. The lowest BCUT2D eigenvalue weighted by Crippen LogP contribution is -2.25. The number of halogens is 2. The van der Waals surface area contributed by atoms with Gasteiger partial charge in [-0.15, -0.1) is 0 Å².